The fourth-order valence-electron chi connectivity index (χ4n) is 1.23. The van der Waals surface area contributed by atoms with Gasteiger partial charge < -0.3 is 0 Å². The van der Waals surface area contributed by atoms with E-state index >= 15 is 0 Å². The number of aryl methyl sites for hydroxylation is 1. The van der Waals surface area contributed by atoms with Crippen LogP contribution in [0.2, 0.25) is 0 Å². The third-order valence-corrected chi connectivity index (χ3v) is 5.74. The average Bonchev–Trinajstić information content (AvgIpc) is 2.69. The molecule has 0 atom stereocenters. The zero-order chi connectivity index (χ0) is 12.5. The van der Waals surface area contributed by atoms with Gasteiger partial charge in [-0.25, -0.2) is 13.6 Å². The van der Waals surface area contributed by atoms with Crippen LogP contribution in [-0.4, -0.2) is 8.42 Å². The van der Waals surface area contributed by atoms with Gasteiger partial charge in [0, 0.05) is 4.90 Å². The Morgan fingerprint density at radius 1 is 1.12 bits per heavy atom. The van der Waals surface area contributed by atoms with Crippen LogP contribution in [0.25, 0.3) is 0 Å². The predicted octanol–water partition coefficient (Wildman–Crippen LogP) is 2.86. The lowest BCUT2D eigenvalue weighted by Crippen LogP contribution is -2.09. The van der Waals surface area contributed by atoms with Crippen molar-refractivity contribution in [3.05, 3.63) is 42.0 Å². The third kappa shape index (κ3) is 3.32. The highest BCUT2D eigenvalue weighted by Crippen LogP contribution is 2.34. The molecule has 2 aromatic rings. The lowest BCUT2D eigenvalue weighted by atomic mass is 10.2. The molecule has 0 aliphatic rings. The van der Waals surface area contributed by atoms with Crippen LogP contribution in [0.3, 0.4) is 0 Å². The topological polar surface area (TPSA) is 60.2 Å². The average molecular weight is 285 g/mol. The Hall–Kier alpha value is -0.820. The van der Waals surface area contributed by atoms with Crippen molar-refractivity contribution in [3.63, 3.8) is 0 Å². The Bertz CT molecular complexity index is 614. The van der Waals surface area contributed by atoms with Gasteiger partial charge in [0.15, 0.2) is 0 Å². The molecule has 0 radical (unpaired) electrons. The molecular weight excluding hydrogens is 274 g/mol. The number of hydrogen-bond acceptors (Lipinski definition) is 4. The molecule has 6 heteroatoms. The van der Waals surface area contributed by atoms with Gasteiger partial charge in [0.25, 0.3) is 0 Å². The van der Waals surface area contributed by atoms with Crippen molar-refractivity contribution in [1.82, 2.24) is 0 Å². The molecule has 3 nitrogen and oxygen atoms in total. The van der Waals surface area contributed by atoms with Crippen LogP contribution in [0.15, 0.2) is 49.7 Å². The summed E-state index contributed by atoms with van der Waals surface area (Å²) in [6.45, 7) is 2.03. The second-order valence-corrected chi connectivity index (χ2v) is 7.78. The fraction of sp³-hybridized carbons (Fsp3) is 0.0909. The minimum absolute atomic E-state index is 0.201. The molecule has 0 fully saturated rings. The normalized spacial score (nSPS) is 11.6. The van der Waals surface area contributed by atoms with Crippen LogP contribution in [0.1, 0.15) is 5.56 Å². The van der Waals surface area contributed by atoms with Crippen LogP contribution in [-0.2, 0) is 10.0 Å². The van der Waals surface area contributed by atoms with Gasteiger partial charge in [0.1, 0.15) is 4.21 Å². The molecule has 0 unspecified atom stereocenters. The maximum absolute atomic E-state index is 11.1. The third-order valence-electron chi connectivity index (χ3n) is 2.08. The largest absolute Gasteiger partial charge is 0.247 e. The molecule has 2 rings (SSSR count). The van der Waals surface area contributed by atoms with Crippen LogP contribution < -0.4 is 5.14 Å². The summed E-state index contributed by atoms with van der Waals surface area (Å²) < 4.78 is 23.4. The van der Waals surface area contributed by atoms with Gasteiger partial charge in [-0.2, -0.15) is 0 Å². The molecule has 0 aliphatic heterocycles. The first-order valence-corrected chi connectivity index (χ1v) is 8.00. The summed E-state index contributed by atoms with van der Waals surface area (Å²) in [5.74, 6) is 0. The van der Waals surface area contributed by atoms with E-state index in [0.717, 1.165) is 9.10 Å². The minimum Gasteiger partial charge on any atom is -0.224 e. The van der Waals surface area contributed by atoms with Crippen molar-refractivity contribution in [2.75, 3.05) is 0 Å². The standard InChI is InChI=1S/C11H11NO2S3/c1-8-2-4-9(5-3-8)15-10-6-7-11(16-10)17(12,13)14/h2-7H,1H3,(H2,12,13,14). The quantitative estimate of drug-likeness (QED) is 0.943. The van der Waals surface area contributed by atoms with Gasteiger partial charge >= 0.3 is 0 Å². The maximum Gasteiger partial charge on any atom is 0.247 e. The summed E-state index contributed by atoms with van der Waals surface area (Å²) in [5.41, 5.74) is 1.20. The van der Waals surface area contributed by atoms with E-state index in [1.807, 2.05) is 31.2 Å². The molecule has 0 saturated carbocycles. The molecule has 1 aromatic carbocycles. The van der Waals surface area contributed by atoms with E-state index in [1.54, 1.807) is 6.07 Å². The van der Waals surface area contributed by atoms with Crippen LogP contribution in [0, 0.1) is 6.92 Å². The Balaban J connectivity index is 2.20. The van der Waals surface area contributed by atoms with Gasteiger partial charge in [-0.15, -0.1) is 11.3 Å². The van der Waals surface area contributed by atoms with E-state index in [2.05, 4.69) is 0 Å². The zero-order valence-corrected chi connectivity index (χ0v) is 11.5. The van der Waals surface area contributed by atoms with Gasteiger partial charge in [0.2, 0.25) is 10.0 Å². The first-order chi connectivity index (χ1) is 7.95. The molecule has 1 aromatic heterocycles. The summed E-state index contributed by atoms with van der Waals surface area (Å²) in [4.78, 5) is 1.08. The smallest absolute Gasteiger partial charge is 0.224 e. The van der Waals surface area contributed by atoms with E-state index < -0.39 is 10.0 Å². The first kappa shape index (κ1) is 12.6. The van der Waals surface area contributed by atoms with Gasteiger partial charge in [-0.3, -0.25) is 0 Å². The number of primary sulfonamides is 1. The first-order valence-electron chi connectivity index (χ1n) is 4.82. The van der Waals surface area contributed by atoms with Crippen LogP contribution >= 0.6 is 23.1 Å². The van der Waals surface area contributed by atoms with E-state index in [1.165, 1.54) is 34.7 Å². The van der Waals surface area contributed by atoms with Crippen molar-refractivity contribution in [3.8, 4) is 0 Å². The summed E-state index contributed by atoms with van der Waals surface area (Å²) in [5, 5.41) is 5.06. The molecule has 0 amide bonds. The molecule has 90 valence electrons. The number of sulfonamides is 1. The molecular formula is C11H11NO2S3. The van der Waals surface area contributed by atoms with Crippen LogP contribution in [0.4, 0.5) is 0 Å². The second-order valence-electron chi connectivity index (χ2n) is 3.53. The molecule has 17 heavy (non-hydrogen) atoms. The highest BCUT2D eigenvalue weighted by Gasteiger charge is 2.11. The van der Waals surface area contributed by atoms with E-state index in [-0.39, 0.29) is 4.21 Å². The molecule has 0 bridgehead atoms. The van der Waals surface area contributed by atoms with Gasteiger partial charge in [-0.1, -0.05) is 29.5 Å². The predicted molar refractivity (Wildman–Crippen MR) is 71.0 cm³/mol. The Morgan fingerprint density at radius 2 is 1.76 bits per heavy atom. The number of hydrogen-bond donors (Lipinski definition) is 1. The summed E-state index contributed by atoms with van der Waals surface area (Å²) in [6.07, 6.45) is 0. The minimum atomic E-state index is -3.58. The van der Waals surface area contributed by atoms with E-state index in [4.69, 9.17) is 5.14 Å². The molecule has 0 spiro atoms. The molecule has 1 heterocycles. The molecule has 0 aliphatic carbocycles. The van der Waals surface area contributed by atoms with Crippen molar-refractivity contribution in [1.29, 1.82) is 0 Å². The van der Waals surface area contributed by atoms with Crippen molar-refractivity contribution in [2.24, 2.45) is 5.14 Å². The van der Waals surface area contributed by atoms with Crippen LogP contribution in [0.5, 0.6) is 0 Å². The zero-order valence-electron chi connectivity index (χ0n) is 9.08. The SMILES string of the molecule is Cc1ccc(Sc2ccc(S(N)(=O)=O)s2)cc1. The summed E-state index contributed by atoms with van der Waals surface area (Å²) >= 11 is 2.72. The number of thiophene rings is 1. The Labute approximate surface area is 109 Å². The van der Waals surface area contributed by atoms with Crippen molar-refractivity contribution in [2.45, 2.75) is 20.2 Å². The van der Waals surface area contributed by atoms with Crippen molar-refractivity contribution >= 4 is 33.1 Å². The number of rotatable bonds is 3. The van der Waals surface area contributed by atoms with Crippen molar-refractivity contribution < 1.29 is 8.42 Å². The second kappa shape index (κ2) is 4.81. The lowest BCUT2D eigenvalue weighted by Gasteiger charge is -1.98. The highest BCUT2D eigenvalue weighted by molar-refractivity contribution is 8.01. The monoisotopic (exact) mass is 285 g/mol. The van der Waals surface area contributed by atoms with E-state index in [0.29, 0.717) is 0 Å². The highest BCUT2D eigenvalue weighted by atomic mass is 32.3. The van der Waals surface area contributed by atoms with Gasteiger partial charge in [-0.05, 0) is 31.2 Å². The van der Waals surface area contributed by atoms with E-state index in [9.17, 15) is 8.42 Å². The summed E-state index contributed by atoms with van der Waals surface area (Å²) in [7, 11) is -3.58. The molecule has 2 N–H and O–H groups in total. The Kier molecular flexibility index (Phi) is 3.58. The molecule has 0 saturated heterocycles. The maximum atomic E-state index is 11.1. The van der Waals surface area contributed by atoms with Gasteiger partial charge in [0.05, 0.1) is 4.21 Å². The number of nitrogens with two attached hydrogens (primary N) is 1. The lowest BCUT2D eigenvalue weighted by molar-refractivity contribution is 0.600. The fourth-order valence-corrected chi connectivity index (χ4v) is 4.22. The Morgan fingerprint density at radius 3 is 2.29 bits per heavy atom. The number of benzene rings is 1. The summed E-state index contributed by atoms with van der Waals surface area (Å²) in [6, 6.07) is 11.4.